The third-order valence-corrected chi connectivity index (χ3v) is 10.1. The number of rotatable bonds is 9. The summed E-state index contributed by atoms with van der Waals surface area (Å²) in [5, 5.41) is 9.27. The molecule has 2 aromatic carbocycles. The van der Waals surface area contributed by atoms with E-state index in [0.717, 1.165) is 12.0 Å². The molecule has 3 aliphatic rings. The van der Waals surface area contributed by atoms with Crippen molar-refractivity contribution < 1.29 is 32.2 Å². The summed E-state index contributed by atoms with van der Waals surface area (Å²) < 4.78 is 53.0. The van der Waals surface area contributed by atoms with E-state index >= 15 is 0 Å². The van der Waals surface area contributed by atoms with E-state index in [1.54, 1.807) is 43.0 Å². The van der Waals surface area contributed by atoms with Crippen LogP contribution in [0.2, 0.25) is 0 Å². The molecule has 0 aromatic heterocycles. The second kappa shape index (κ2) is 12.4. The van der Waals surface area contributed by atoms with Crippen molar-refractivity contribution in [2.75, 3.05) is 32.0 Å². The topological polar surface area (TPSA) is 144 Å². The van der Waals surface area contributed by atoms with Crippen LogP contribution in [0, 0.1) is 23.2 Å². The lowest BCUT2D eigenvalue weighted by molar-refractivity contribution is -0.0911. The highest BCUT2D eigenvalue weighted by atomic mass is 32.2. The molecule has 0 aliphatic carbocycles. The maximum absolute atomic E-state index is 13.9. The van der Waals surface area contributed by atoms with Crippen molar-refractivity contribution in [1.29, 1.82) is 5.26 Å². The Morgan fingerprint density at radius 1 is 1.16 bits per heavy atom. The van der Waals surface area contributed by atoms with Crippen LogP contribution in [-0.2, 0) is 35.4 Å². The molecule has 232 valence electrons. The highest BCUT2D eigenvalue weighted by molar-refractivity contribution is 7.89. The van der Waals surface area contributed by atoms with Crippen LogP contribution < -0.4 is 5.73 Å². The molecule has 3 fully saturated rings. The van der Waals surface area contributed by atoms with Gasteiger partial charge in [-0.05, 0) is 74.6 Å². The lowest BCUT2D eigenvalue weighted by Crippen LogP contribution is -2.51. The van der Waals surface area contributed by atoms with Gasteiger partial charge in [0.1, 0.15) is 11.8 Å². The summed E-state index contributed by atoms with van der Waals surface area (Å²) in [6.07, 6.45) is -0.943. The van der Waals surface area contributed by atoms with Crippen LogP contribution in [0.1, 0.15) is 45.2 Å². The quantitative estimate of drug-likeness (QED) is 0.419. The molecule has 0 unspecified atom stereocenters. The Labute approximate surface area is 253 Å². The normalized spacial score (nSPS) is 26.5. The third-order valence-electron chi connectivity index (χ3n) is 8.21. The number of fused-ring (bicyclic) bond motifs is 1. The number of nitrogens with two attached hydrogens (primary N) is 1. The molecule has 0 bridgehead atoms. The summed E-state index contributed by atoms with van der Waals surface area (Å²) in [6, 6.07) is 14.8. The fourth-order valence-corrected chi connectivity index (χ4v) is 7.78. The van der Waals surface area contributed by atoms with Gasteiger partial charge in [0.25, 0.3) is 0 Å². The number of benzene rings is 2. The number of nitriles is 1. The molecule has 2 N–H and O–H groups in total. The van der Waals surface area contributed by atoms with Crippen LogP contribution >= 0.6 is 0 Å². The highest BCUT2D eigenvalue weighted by Gasteiger charge is 2.53. The van der Waals surface area contributed by atoms with E-state index in [4.69, 9.17) is 24.7 Å². The summed E-state index contributed by atoms with van der Waals surface area (Å²) in [5.74, 6) is -0.00472. The molecule has 3 aliphatic heterocycles. The molecule has 0 radical (unpaired) electrons. The Bertz CT molecular complexity index is 1440. The SMILES string of the molecule is CC(C)CN(C[C@H]1OC(C)(C)N(C(=O)O[C@H]2CO[C@H]3OCC[C@H]32)[C@H]1Cc1ccc(C#N)cc1)S(=O)(=O)c1ccc(N)cc1. The van der Waals surface area contributed by atoms with Gasteiger partial charge >= 0.3 is 6.09 Å². The van der Waals surface area contributed by atoms with E-state index < -0.39 is 40.1 Å². The average Bonchev–Trinajstić information content (AvgIpc) is 3.63. The van der Waals surface area contributed by atoms with E-state index in [2.05, 4.69) is 6.07 Å². The Balaban J connectivity index is 1.46. The molecule has 12 heteroatoms. The standard InChI is InChI=1S/C31H40N4O7S/c1-20(2)17-34(43(37,38)24-11-9-23(33)10-12-24)18-27-26(15-21-5-7-22(16-32)8-6-21)35(31(3,4)42-27)30(36)41-28-19-40-29-25(28)13-14-39-29/h5-12,20,25-29H,13-15,17-19,33H2,1-4H3/t25-,26-,27+,28-,29+/m0/s1. The van der Waals surface area contributed by atoms with Crippen molar-refractivity contribution in [3.8, 4) is 6.07 Å². The second-order valence-electron chi connectivity index (χ2n) is 12.3. The summed E-state index contributed by atoms with van der Waals surface area (Å²) in [7, 11) is -3.91. The first-order valence-electron chi connectivity index (χ1n) is 14.6. The van der Waals surface area contributed by atoms with Gasteiger partial charge in [0.15, 0.2) is 6.29 Å². The number of carbonyl (C=O) groups is 1. The summed E-state index contributed by atoms with van der Waals surface area (Å²) in [5.41, 5.74) is 6.58. The fourth-order valence-electron chi connectivity index (χ4n) is 6.17. The van der Waals surface area contributed by atoms with Crippen LogP contribution in [0.5, 0.6) is 0 Å². The van der Waals surface area contributed by atoms with Gasteiger partial charge in [-0.3, -0.25) is 4.90 Å². The van der Waals surface area contributed by atoms with Crippen LogP contribution in [0.4, 0.5) is 10.5 Å². The minimum Gasteiger partial charge on any atom is -0.443 e. The number of carbonyl (C=O) groups excluding carboxylic acids is 1. The maximum atomic E-state index is 13.9. The average molecular weight is 613 g/mol. The molecule has 43 heavy (non-hydrogen) atoms. The van der Waals surface area contributed by atoms with Gasteiger partial charge in [-0.25, -0.2) is 13.2 Å². The smallest absolute Gasteiger partial charge is 0.412 e. The van der Waals surface area contributed by atoms with E-state index in [-0.39, 0.29) is 42.7 Å². The number of amides is 1. The monoisotopic (exact) mass is 612 g/mol. The zero-order chi connectivity index (χ0) is 30.9. The van der Waals surface area contributed by atoms with Gasteiger partial charge in [0, 0.05) is 18.8 Å². The summed E-state index contributed by atoms with van der Waals surface area (Å²) >= 11 is 0. The van der Waals surface area contributed by atoms with Crippen molar-refractivity contribution in [2.24, 2.45) is 11.8 Å². The van der Waals surface area contributed by atoms with Gasteiger partial charge < -0.3 is 24.7 Å². The van der Waals surface area contributed by atoms with Crippen LogP contribution in [0.15, 0.2) is 53.4 Å². The predicted molar refractivity (Wildman–Crippen MR) is 158 cm³/mol. The Kier molecular flexibility index (Phi) is 9.02. The largest absolute Gasteiger partial charge is 0.443 e. The van der Waals surface area contributed by atoms with Crippen molar-refractivity contribution >= 4 is 21.8 Å². The first-order valence-corrected chi connectivity index (χ1v) is 16.1. The number of ether oxygens (including phenoxy) is 4. The first-order chi connectivity index (χ1) is 20.4. The Morgan fingerprint density at radius 2 is 1.86 bits per heavy atom. The predicted octanol–water partition coefficient (Wildman–Crippen LogP) is 3.73. The number of anilines is 1. The van der Waals surface area contributed by atoms with Gasteiger partial charge in [0.2, 0.25) is 10.0 Å². The highest BCUT2D eigenvalue weighted by Crippen LogP contribution is 2.38. The minimum atomic E-state index is -3.91. The molecule has 1 amide bonds. The molecule has 0 spiro atoms. The Hall–Kier alpha value is -3.21. The maximum Gasteiger partial charge on any atom is 0.412 e. The molecular formula is C31H40N4O7S. The van der Waals surface area contributed by atoms with Crippen molar-refractivity contribution in [1.82, 2.24) is 9.21 Å². The van der Waals surface area contributed by atoms with Gasteiger partial charge in [-0.1, -0.05) is 26.0 Å². The zero-order valence-corrected chi connectivity index (χ0v) is 25.8. The molecule has 5 atom stereocenters. The van der Waals surface area contributed by atoms with Gasteiger partial charge in [-0.2, -0.15) is 9.57 Å². The number of hydrogen-bond donors (Lipinski definition) is 1. The number of hydrogen-bond acceptors (Lipinski definition) is 9. The van der Waals surface area contributed by atoms with Crippen molar-refractivity contribution in [2.45, 2.75) is 75.7 Å². The van der Waals surface area contributed by atoms with Crippen molar-refractivity contribution in [3.63, 3.8) is 0 Å². The first kappa shape index (κ1) is 31.2. The fraction of sp³-hybridized carbons (Fsp3) is 0.548. The molecule has 2 aromatic rings. The van der Waals surface area contributed by atoms with Gasteiger partial charge in [-0.15, -0.1) is 0 Å². The van der Waals surface area contributed by atoms with Crippen molar-refractivity contribution in [3.05, 3.63) is 59.7 Å². The molecule has 5 rings (SSSR count). The van der Waals surface area contributed by atoms with E-state index in [1.807, 2.05) is 26.0 Å². The molecule has 11 nitrogen and oxygen atoms in total. The lowest BCUT2D eigenvalue weighted by atomic mass is 9.99. The summed E-state index contributed by atoms with van der Waals surface area (Å²) in [4.78, 5) is 15.6. The zero-order valence-electron chi connectivity index (χ0n) is 25.0. The molecule has 3 heterocycles. The second-order valence-corrected chi connectivity index (χ2v) is 14.2. The van der Waals surface area contributed by atoms with Crippen LogP contribution in [-0.4, -0.2) is 80.3 Å². The number of nitrogen functional groups attached to an aromatic ring is 1. The summed E-state index contributed by atoms with van der Waals surface area (Å²) in [6.45, 7) is 8.55. The lowest BCUT2D eigenvalue weighted by Gasteiger charge is -2.34. The molecular weight excluding hydrogens is 572 g/mol. The van der Waals surface area contributed by atoms with E-state index in [1.165, 1.54) is 16.4 Å². The number of sulfonamides is 1. The third kappa shape index (κ3) is 6.66. The van der Waals surface area contributed by atoms with E-state index in [0.29, 0.717) is 24.3 Å². The van der Waals surface area contributed by atoms with Crippen LogP contribution in [0.3, 0.4) is 0 Å². The number of nitrogens with zero attached hydrogens (tertiary/aromatic N) is 3. The minimum absolute atomic E-state index is 0.0180. The van der Waals surface area contributed by atoms with E-state index in [9.17, 15) is 18.5 Å². The molecule has 0 saturated carbocycles. The van der Waals surface area contributed by atoms with Crippen LogP contribution in [0.25, 0.3) is 0 Å². The molecule has 3 saturated heterocycles. The Morgan fingerprint density at radius 3 is 2.51 bits per heavy atom. The van der Waals surface area contributed by atoms with Gasteiger partial charge in [0.05, 0.1) is 47.8 Å².